The van der Waals surface area contributed by atoms with Gasteiger partial charge in [-0.25, -0.2) is 9.79 Å². The molecular weight excluding hydrogens is 306 g/mol. The zero-order valence-corrected chi connectivity index (χ0v) is 15.1. The van der Waals surface area contributed by atoms with Crippen LogP contribution in [-0.4, -0.2) is 34.3 Å². The van der Waals surface area contributed by atoms with Crippen molar-refractivity contribution >= 4 is 17.7 Å². The topological polar surface area (TPSA) is 80.7 Å². The van der Waals surface area contributed by atoms with E-state index in [-0.39, 0.29) is 17.9 Å². The number of nitrogens with zero attached hydrogens (tertiary/aromatic N) is 2. The Bertz CT molecular complexity index is 695. The van der Waals surface area contributed by atoms with E-state index in [0.717, 1.165) is 12.0 Å². The lowest BCUT2D eigenvalue weighted by atomic mass is 9.89. The maximum Gasteiger partial charge on any atom is 0.340 e. The van der Waals surface area contributed by atoms with Gasteiger partial charge in [0.05, 0.1) is 11.7 Å². The zero-order valence-electron chi connectivity index (χ0n) is 15.1. The highest BCUT2D eigenvalue weighted by Crippen LogP contribution is 2.27. The van der Waals surface area contributed by atoms with Gasteiger partial charge in [-0.3, -0.25) is 9.78 Å². The Balaban J connectivity index is 2.51. The fraction of sp³-hybridized carbons (Fsp3) is 0.556. The van der Waals surface area contributed by atoms with Gasteiger partial charge in [0.15, 0.2) is 5.84 Å². The highest BCUT2D eigenvalue weighted by molar-refractivity contribution is 6.17. The van der Waals surface area contributed by atoms with E-state index in [2.05, 4.69) is 15.3 Å². The van der Waals surface area contributed by atoms with Crippen molar-refractivity contribution in [2.45, 2.75) is 59.6 Å². The average Bonchev–Trinajstić information content (AvgIpc) is 2.82. The van der Waals surface area contributed by atoms with Crippen LogP contribution in [0.5, 0.6) is 0 Å². The minimum absolute atomic E-state index is 0.0241. The number of ether oxygens (including phenoxy) is 1. The van der Waals surface area contributed by atoms with E-state index in [1.165, 1.54) is 0 Å². The number of nitrogens with one attached hydrogen (secondary N) is 1. The lowest BCUT2D eigenvalue weighted by Crippen LogP contribution is -2.41. The van der Waals surface area contributed by atoms with Crippen LogP contribution in [-0.2, 0) is 16.0 Å². The summed E-state index contributed by atoms with van der Waals surface area (Å²) in [6.07, 6.45) is 2.20. The molecule has 2 rings (SSSR count). The Labute approximate surface area is 142 Å². The van der Waals surface area contributed by atoms with Gasteiger partial charge in [0, 0.05) is 6.20 Å². The van der Waals surface area contributed by atoms with E-state index in [4.69, 9.17) is 4.74 Å². The van der Waals surface area contributed by atoms with Crippen LogP contribution in [0.1, 0.15) is 63.2 Å². The molecule has 1 aromatic rings. The van der Waals surface area contributed by atoms with E-state index in [0.29, 0.717) is 17.1 Å². The van der Waals surface area contributed by atoms with Crippen LogP contribution in [0.3, 0.4) is 0 Å². The number of carbonyl (C=O) groups is 2. The number of hydrogen-bond donors (Lipinski definition) is 1. The number of esters is 1. The first kappa shape index (κ1) is 18.1. The molecule has 0 saturated heterocycles. The standard InChI is InChI=1S/C18H25N3O3/c1-7-12-8-13(16(22)24-11(4)5)14(19-9-12)15-20-17(23)18(6,21-15)10(2)3/h8-11H,7H2,1-6H3,(H,20,21,23). The van der Waals surface area contributed by atoms with Crippen molar-refractivity contribution in [1.29, 1.82) is 0 Å². The summed E-state index contributed by atoms with van der Waals surface area (Å²) in [6, 6.07) is 1.76. The Morgan fingerprint density at radius 3 is 2.50 bits per heavy atom. The molecule has 0 aliphatic carbocycles. The Kier molecular flexibility index (Phi) is 5.06. The Morgan fingerprint density at radius 2 is 2.00 bits per heavy atom. The molecule has 0 spiro atoms. The van der Waals surface area contributed by atoms with Gasteiger partial charge in [-0.15, -0.1) is 0 Å². The van der Waals surface area contributed by atoms with Crippen LogP contribution in [0.4, 0.5) is 0 Å². The van der Waals surface area contributed by atoms with Crippen LogP contribution in [0.25, 0.3) is 0 Å². The van der Waals surface area contributed by atoms with Crippen LogP contribution in [0, 0.1) is 5.92 Å². The molecule has 0 bridgehead atoms. The molecule has 6 nitrogen and oxygen atoms in total. The number of aliphatic imine (C=N–C) groups is 1. The SMILES string of the molecule is CCc1cnc(C2=NC(C)(C(C)C)C(=O)N2)c(C(=O)OC(C)C)c1. The number of aryl methyl sites for hydroxylation is 1. The molecule has 0 aromatic carbocycles. The van der Waals surface area contributed by atoms with Crippen molar-refractivity contribution in [2.75, 3.05) is 0 Å². The number of aromatic nitrogens is 1. The summed E-state index contributed by atoms with van der Waals surface area (Å²) < 4.78 is 5.32. The Hall–Kier alpha value is -2.24. The summed E-state index contributed by atoms with van der Waals surface area (Å²) in [6.45, 7) is 11.2. The first-order valence-electron chi connectivity index (χ1n) is 8.30. The third-order valence-electron chi connectivity index (χ3n) is 4.30. The van der Waals surface area contributed by atoms with Crippen LogP contribution >= 0.6 is 0 Å². The van der Waals surface area contributed by atoms with Crippen LogP contribution in [0.15, 0.2) is 17.3 Å². The first-order chi connectivity index (χ1) is 11.2. The summed E-state index contributed by atoms with van der Waals surface area (Å²) >= 11 is 0. The second-order valence-electron chi connectivity index (χ2n) is 6.76. The highest BCUT2D eigenvalue weighted by Gasteiger charge is 2.43. The normalized spacial score (nSPS) is 20.3. The molecule has 2 heterocycles. The fourth-order valence-electron chi connectivity index (χ4n) is 2.37. The molecule has 1 aliphatic heterocycles. The summed E-state index contributed by atoms with van der Waals surface area (Å²) in [5.74, 6) is -0.291. The lowest BCUT2D eigenvalue weighted by Gasteiger charge is -2.21. The summed E-state index contributed by atoms with van der Waals surface area (Å²) in [7, 11) is 0. The number of hydrogen-bond acceptors (Lipinski definition) is 5. The molecule has 24 heavy (non-hydrogen) atoms. The van der Waals surface area contributed by atoms with E-state index >= 15 is 0 Å². The minimum Gasteiger partial charge on any atom is -0.459 e. The molecule has 1 atom stereocenters. The van der Waals surface area contributed by atoms with E-state index in [9.17, 15) is 9.59 Å². The molecule has 0 radical (unpaired) electrons. The molecule has 0 fully saturated rings. The quantitative estimate of drug-likeness (QED) is 0.841. The molecule has 1 N–H and O–H groups in total. The number of amidine groups is 1. The number of rotatable bonds is 5. The van der Waals surface area contributed by atoms with Gasteiger partial charge in [-0.1, -0.05) is 20.8 Å². The molecule has 1 aliphatic rings. The first-order valence-corrected chi connectivity index (χ1v) is 8.30. The van der Waals surface area contributed by atoms with Crippen molar-refractivity contribution in [3.63, 3.8) is 0 Å². The second-order valence-corrected chi connectivity index (χ2v) is 6.76. The minimum atomic E-state index is -0.861. The van der Waals surface area contributed by atoms with Gasteiger partial charge < -0.3 is 10.1 Å². The van der Waals surface area contributed by atoms with Crippen molar-refractivity contribution in [2.24, 2.45) is 10.9 Å². The molecule has 1 aromatic heterocycles. The number of carbonyl (C=O) groups excluding carboxylic acids is 2. The van der Waals surface area contributed by atoms with Crippen molar-refractivity contribution < 1.29 is 14.3 Å². The number of pyridine rings is 1. The maximum absolute atomic E-state index is 12.4. The van der Waals surface area contributed by atoms with Crippen LogP contribution in [0.2, 0.25) is 0 Å². The van der Waals surface area contributed by atoms with E-state index in [1.807, 2.05) is 20.8 Å². The monoisotopic (exact) mass is 331 g/mol. The van der Waals surface area contributed by atoms with E-state index < -0.39 is 11.5 Å². The van der Waals surface area contributed by atoms with Gasteiger partial charge in [0.1, 0.15) is 11.2 Å². The smallest absolute Gasteiger partial charge is 0.340 e. The van der Waals surface area contributed by atoms with Gasteiger partial charge in [0.2, 0.25) is 0 Å². The molecule has 0 saturated carbocycles. The lowest BCUT2D eigenvalue weighted by molar-refractivity contribution is -0.124. The molecule has 6 heteroatoms. The molecule has 130 valence electrons. The van der Waals surface area contributed by atoms with E-state index in [1.54, 1.807) is 33.0 Å². The van der Waals surface area contributed by atoms with Gasteiger partial charge in [-0.2, -0.15) is 0 Å². The summed E-state index contributed by atoms with van der Waals surface area (Å²) in [5.41, 5.74) is 0.747. The number of amides is 1. The zero-order chi connectivity index (χ0) is 18.1. The van der Waals surface area contributed by atoms with Gasteiger partial charge >= 0.3 is 5.97 Å². The largest absolute Gasteiger partial charge is 0.459 e. The van der Waals surface area contributed by atoms with Crippen molar-refractivity contribution in [1.82, 2.24) is 10.3 Å². The van der Waals surface area contributed by atoms with Gasteiger partial charge in [-0.05, 0) is 44.7 Å². The summed E-state index contributed by atoms with van der Waals surface area (Å²) in [4.78, 5) is 33.7. The maximum atomic E-state index is 12.4. The second kappa shape index (κ2) is 6.71. The van der Waals surface area contributed by atoms with Crippen LogP contribution < -0.4 is 5.32 Å². The third kappa shape index (κ3) is 3.32. The van der Waals surface area contributed by atoms with Crippen molar-refractivity contribution in [3.8, 4) is 0 Å². The molecule has 1 amide bonds. The summed E-state index contributed by atoms with van der Waals surface area (Å²) in [5, 5.41) is 2.77. The fourth-order valence-corrected chi connectivity index (χ4v) is 2.37. The predicted octanol–water partition coefficient (Wildman–Crippen LogP) is 2.50. The Morgan fingerprint density at radius 1 is 1.33 bits per heavy atom. The third-order valence-corrected chi connectivity index (χ3v) is 4.30. The molecular formula is C18H25N3O3. The molecule has 1 unspecified atom stereocenters. The predicted molar refractivity (Wildman–Crippen MR) is 92.1 cm³/mol. The average molecular weight is 331 g/mol. The highest BCUT2D eigenvalue weighted by atomic mass is 16.5. The van der Waals surface area contributed by atoms with Gasteiger partial charge in [0.25, 0.3) is 5.91 Å². The van der Waals surface area contributed by atoms with Crippen molar-refractivity contribution in [3.05, 3.63) is 29.1 Å².